The van der Waals surface area contributed by atoms with Crippen LogP contribution in [0.15, 0.2) is 40.5 Å². The summed E-state index contributed by atoms with van der Waals surface area (Å²) in [7, 11) is 0. The Bertz CT molecular complexity index is 706. The molecule has 3 aromatic rings. The second-order valence-corrected chi connectivity index (χ2v) is 6.43. The molecule has 0 aromatic carbocycles. The van der Waals surface area contributed by atoms with Crippen LogP contribution in [0.3, 0.4) is 0 Å². The van der Waals surface area contributed by atoms with Gasteiger partial charge in [0.05, 0.1) is 18.0 Å². The maximum absolute atomic E-state index is 5.42. The average molecular weight is 315 g/mol. The van der Waals surface area contributed by atoms with E-state index in [0.29, 0.717) is 24.3 Å². The van der Waals surface area contributed by atoms with E-state index in [1.54, 1.807) is 11.3 Å². The molecule has 22 heavy (non-hydrogen) atoms. The molecule has 0 saturated carbocycles. The Kier molecular flexibility index (Phi) is 3.74. The number of hydrogen-bond donors (Lipinski definition) is 0. The van der Waals surface area contributed by atoms with Gasteiger partial charge in [0.15, 0.2) is 0 Å². The van der Waals surface area contributed by atoms with E-state index in [1.807, 2.05) is 40.7 Å². The quantitative estimate of drug-likeness (QED) is 0.724. The van der Waals surface area contributed by atoms with Crippen molar-refractivity contribution >= 4 is 11.3 Å². The molecule has 0 N–H and O–H groups in total. The number of rotatable bonds is 5. The van der Waals surface area contributed by atoms with E-state index >= 15 is 0 Å². The van der Waals surface area contributed by atoms with Crippen molar-refractivity contribution in [1.82, 2.24) is 24.8 Å². The highest BCUT2D eigenvalue weighted by atomic mass is 32.1. The van der Waals surface area contributed by atoms with Crippen molar-refractivity contribution in [1.29, 1.82) is 0 Å². The van der Waals surface area contributed by atoms with Gasteiger partial charge in [0.2, 0.25) is 11.7 Å². The van der Waals surface area contributed by atoms with Crippen LogP contribution in [0.5, 0.6) is 0 Å². The topological polar surface area (TPSA) is 60.0 Å². The van der Waals surface area contributed by atoms with Gasteiger partial charge >= 0.3 is 0 Å². The third-order valence-corrected chi connectivity index (χ3v) is 4.87. The molecule has 1 saturated heterocycles. The van der Waals surface area contributed by atoms with E-state index in [1.165, 1.54) is 12.8 Å². The van der Waals surface area contributed by atoms with Crippen molar-refractivity contribution in [2.24, 2.45) is 0 Å². The van der Waals surface area contributed by atoms with Crippen LogP contribution in [0.4, 0.5) is 0 Å². The molecule has 1 fully saturated rings. The Morgan fingerprint density at radius 2 is 2.36 bits per heavy atom. The molecule has 4 rings (SSSR count). The summed E-state index contributed by atoms with van der Waals surface area (Å²) < 4.78 is 7.41. The fourth-order valence-corrected chi connectivity index (χ4v) is 3.58. The van der Waals surface area contributed by atoms with Gasteiger partial charge in [-0.3, -0.25) is 9.58 Å². The van der Waals surface area contributed by atoms with Crippen LogP contribution in [0.1, 0.15) is 18.7 Å². The molecular weight excluding hydrogens is 298 g/mol. The smallest absolute Gasteiger partial charge is 0.241 e. The van der Waals surface area contributed by atoms with Crippen LogP contribution in [0.2, 0.25) is 0 Å². The van der Waals surface area contributed by atoms with Gasteiger partial charge in [0, 0.05) is 18.4 Å². The SMILES string of the molecule is c1csc(-c2noc(CN3CCC[C@H]3Cn3cccn3)n2)c1. The molecule has 3 aromatic heterocycles. The molecule has 4 heterocycles. The summed E-state index contributed by atoms with van der Waals surface area (Å²) in [6.07, 6.45) is 6.23. The van der Waals surface area contributed by atoms with E-state index in [9.17, 15) is 0 Å². The first-order valence-corrected chi connectivity index (χ1v) is 8.34. The Morgan fingerprint density at radius 1 is 1.36 bits per heavy atom. The summed E-state index contributed by atoms with van der Waals surface area (Å²) in [6, 6.07) is 6.45. The Balaban J connectivity index is 1.44. The minimum absolute atomic E-state index is 0.483. The van der Waals surface area contributed by atoms with Gasteiger partial charge in [-0.25, -0.2) is 0 Å². The summed E-state index contributed by atoms with van der Waals surface area (Å²) in [6.45, 7) is 2.70. The highest BCUT2D eigenvalue weighted by molar-refractivity contribution is 7.13. The first-order chi connectivity index (χ1) is 10.9. The fraction of sp³-hybridized carbons (Fsp3) is 0.400. The first-order valence-electron chi connectivity index (χ1n) is 7.46. The van der Waals surface area contributed by atoms with Crippen molar-refractivity contribution < 1.29 is 4.52 Å². The number of aromatic nitrogens is 4. The zero-order chi connectivity index (χ0) is 14.8. The molecule has 1 atom stereocenters. The van der Waals surface area contributed by atoms with Gasteiger partial charge in [-0.2, -0.15) is 10.1 Å². The summed E-state index contributed by atoms with van der Waals surface area (Å²) in [5.41, 5.74) is 0. The van der Waals surface area contributed by atoms with Crippen molar-refractivity contribution in [3.05, 3.63) is 41.9 Å². The fourth-order valence-electron chi connectivity index (χ4n) is 2.93. The number of nitrogens with zero attached hydrogens (tertiary/aromatic N) is 5. The second kappa shape index (κ2) is 6.02. The van der Waals surface area contributed by atoms with Crippen molar-refractivity contribution in [2.75, 3.05) is 6.54 Å². The van der Waals surface area contributed by atoms with E-state index in [-0.39, 0.29) is 0 Å². The highest BCUT2D eigenvalue weighted by Gasteiger charge is 2.26. The van der Waals surface area contributed by atoms with Crippen LogP contribution in [0, 0.1) is 0 Å². The largest absolute Gasteiger partial charge is 0.338 e. The minimum atomic E-state index is 0.483. The molecule has 1 aliphatic heterocycles. The second-order valence-electron chi connectivity index (χ2n) is 5.48. The van der Waals surface area contributed by atoms with Crippen LogP contribution < -0.4 is 0 Å². The maximum atomic E-state index is 5.42. The molecule has 0 amide bonds. The Labute approximate surface area is 132 Å². The molecule has 0 unspecified atom stereocenters. The van der Waals surface area contributed by atoms with E-state index < -0.39 is 0 Å². The third kappa shape index (κ3) is 2.82. The Hall–Kier alpha value is -1.99. The van der Waals surface area contributed by atoms with Crippen molar-refractivity contribution in [3.8, 4) is 10.7 Å². The number of thiophene rings is 1. The molecule has 6 nitrogen and oxygen atoms in total. The zero-order valence-corrected chi connectivity index (χ0v) is 12.9. The van der Waals surface area contributed by atoms with Gasteiger partial charge in [-0.15, -0.1) is 11.3 Å². The first kappa shape index (κ1) is 13.7. The predicted molar refractivity (Wildman–Crippen MR) is 83.3 cm³/mol. The third-order valence-electron chi connectivity index (χ3n) is 4.00. The van der Waals surface area contributed by atoms with Gasteiger partial charge < -0.3 is 4.52 Å². The molecular formula is C15H17N5OS. The number of likely N-dealkylation sites (tertiary alicyclic amines) is 1. The maximum Gasteiger partial charge on any atom is 0.241 e. The van der Waals surface area contributed by atoms with Gasteiger partial charge in [-0.1, -0.05) is 11.2 Å². The molecule has 7 heteroatoms. The van der Waals surface area contributed by atoms with Crippen LogP contribution in [-0.2, 0) is 13.1 Å². The molecule has 0 bridgehead atoms. The Morgan fingerprint density at radius 3 is 3.18 bits per heavy atom. The van der Waals surface area contributed by atoms with Gasteiger partial charge in [-0.05, 0) is 36.9 Å². The van der Waals surface area contributed by atoms with E-state index in [2.05, 4.69) is 20.1 Å². The minimum Gasteiger partial charge on any atom is -0.338 e. The van der Waals surface area contributed by atoms with Crippen LogP contribution in [0.25, 0.3) is 10.7 Å². The van der Waals surface area contributed by atoms with E-state index in [0.717, 1.165) is 18.0 Å². The van der Waals surface area contributed by atoms with Crippen LogP contribution in [-0.4, -0.2) is 37.4 Å². The highest BCUT2D eigenvalue weighted by Crippen LogP contribution is 2.24. The molecule has 114 valence electrons. The lowest BCUT2D eigenvalue weighted by molar-refractivity contribution is 0.192. The van der Waals surface area contributed by atoms with E-state index in [4.69, 9.17) is 4.52 Å². The molecule has 1 aliphatic rings. The summed E-state index contributed by atoms with van der Waals surface area (Å²) in [5.74, 6) is 1.38. The lowest BCUT2D eigenvalue weighted by Gasteiger charge is -2.22. The standard InChI is InChI=1S/C15H17N5OS/c1-4-12(10-20-8-3-6-16-20)19(7-1)11-14-17-15(18-21-14)13-5-2-9-22-13/h2-3,5-6,8-9,12H,1,4,7,10-11H2/t12-/m0/s1. The van der Waals surface area contributed by atoms with Crippen molar-refractivity contribution in [2.45, 2.75) is 32.0 Å². The molecule has 0 radical (unpaired) electrons. The number of hydrogen-bond acceptors (Lipinski definition) is 6. The lowest BCUT2D eigenvalue weighted by atomic mass is 10.2. The van der Waals surface area contributed by atoms with Gasteiger partial charge in [0.1, 0.15) is 0 Å². The summed E-state index contributed by atoms with van der Waals surface area (Å²) in [4.78, 5) is 7.97. The predicted octanol–water partition coefficient (Wildman–Crippen LogP) is 2.66. The average Bonchev–Trinajstić information content (AvgIpc) is 3.28. The van der Waals surface area contributed by atoms with Crippen molar-refractivity contribution in [3.63, 3.8) is 0 Å². The monoisotopic (exact) mass is 315 g/mol. The van der Waals surface area contributed by atoms with Gasteiger partial charge in [0.25, 0.3) is 0 Å². The van der Waals surface area contributed by atoms with Crippen LogP contribution >= 0.6 is 11.3 Å². The summed E-state index contributed by atoms with van der Waals surface area (Å²) in [5, 5.41) is 10.4. The molecule has 0 aliphatic carbocycles. The summed E-state index contributed by atoms with van der Waals surface area (Å²) >= 11 is 1.63. The lowest BCUT2D eigenvalue weighted by Crippen LogP contribution is -2.32. The zero-order valence-electron chi connectivity index (χ0n) is 12.1. The normalized spacial score (nSPS) is 19.0. The molecule has 0 spiro atoms.